The van der Waals surface area contributed by atoms with E-state index >= 15 is 0 Å². The Kier molecular flexibility index (Phi) is 6.19. The molecule has 144 valence electrons. The first-order chi connectivity index (χ1) is 13.5. The van der Waals surface area contributed by atoms with Gasteiger partial charge in [0, 0.05) is 13.0 Å². The van der Waals surface area contributed by atoms with Crippen LogP contribution in [0.25, 0.3) is 0 Å². The molecule has 1 heterocycles. The number of benzene rings is 2. The number of rotatable bonds is 8. The van der Waals surface area contributed by atoms with Crippen LogP contribution in [-0.2, 0) is 35.0 Å². The highest BCUT2D eigenvalue weighted by Gasteiger charge is 2.25. The first-order valence-electron chi connectivity index (χ1n) is 8.91. The van der Waals surface area contributed by atoms with Gasteiger partial charge in [0.15, 0.2) is 0 Å². The molecule has 0 fully saturated rings. The van der Waals surface area contributed by atoms with Gasteiger partial charge >= 0.3 is 0 Å². The Morgan fingerprint density at radius 1 is 0.964 bits per heavy atom. The summed E-state index contributed by atoms with van der Waals surface area (Å²) in [7, 11) is -3.70. The third-order valence-electron chi connectivity index (χ3n) is 4.35. The monoisotopic (exact) mass is 395 g/mol. The van der Waals surface area contributed by atoms with Crippen LogP contribution in [0.3, 0.4) is 0 Å². The average Bonchev–Trinajstić information content (AvgIpc) is 3.11. The highest BCUT2D eigenvalue weighted by Crippen LogP contribution is 2.18. The number of aryl methyl sites for hydroxylation is 1. The molecule has 2 N–H and O–H groups in total. The van der Waals surface area contributed by atoms with E-state index in [2.05, 4.69) is 10.2 Å². The number of hydrogen-bond donors (Lipinski definition) is 1. The molecule has 0 saturated heterocycles. The molecule has 3 rings (SSSR count). The second-order valence-corrected chi connectivity index (χ2v) is 8.28. The van der Waals surface area contributed by atoms with Gasteiger partial charge in [-0.25, -0.2) is 8.42 Å². The lowest BCUT2D eigenvalue weighted by molar-refractivity contribution is 0.550. The maximum Gasteiger partial charge on any atom is 0.250 e. The van der Waals surface area contributed by atoms with Crippen LogP contribution < -0.4 is 5.73 Å². The minimum absolute atomic E-state index is 0.0451. The SMILES string of the molecule is N#Cc1ccc(CS(=O)(=O)c2nnc(CCN)n2CCc2ccccc2)cc1. The molecule has 2 aromatic carbocycles. The molecule has 0 unspecified atom stereocenters. The third-order valence-corrected chi connectivity index (χ3v) is 5.92. The summed E-state index contributed by atoms with van der Waals surface area (Å²) in [5.41, 5.74) is 7.83. The van der Waals surface area contributed by atoms with Crippen molar-refractivity contribution in [1.82, 2.24) is 14.8 Å². The Morgan fingerprint density at radius 3 is 2.32 bits per heavy atom. The van der Waals surface area contributed by atoms with E-state index in [4.69, 9.17) is 11.0 Å². The molecule has 7 nitrogen and oxygen atoms in total. The van der Waals surface area contributed by atoms with Crippen LogP contribution in [0.4, 0.5) is 0 Å². The number of sulfone groups is 1. The maximum absolute atomic E-state index is 13.0. The largest absolute Gasteiger partial charge is 0.330 e. The number of aromatic nitrogens is 3. The summed E-state index contributed by atoms with van der Waals surface area (Å²) >= 11 is 0. The summed E-state index contributed by atoms with van der Waals surface area (Å²) in [6.07, 6.45) is 1.12. The minimum Gasteiger partial charge on any atom is -0.330 e. The molecule has 0 aliphatic rings. The van der Waals surface area contributed by atoms with Crippen LogP contribution in [0, 0.1) is 11.3 Å². The molecule has 0 amide bonds. The normalized spacial score (nSPS) is 11.3. The van der Waals surface area contributed by atoms with Crippen LogP contribution in [0.1, 0.15) is 22.5 Å². The Labute approximate surface area is 164 Å². The average molecular weight is 395 g/mol. The summed E-state index contributed by atoms with van der Waals surface area (Å²) in [5.74, 6) is 0.363. The number of nitriles is 1. The fourth-order valence-corrected chi connectivity index (χ4v) is 4.39. The van der Waals surface area contributed by atoms with Crippen molar-refractivity contribution < 1.29 is 8.42 Å². The molecular formula is C20H21N5O2S. The quantitative estimate of drug-likeness (QED) is 0.623. The zero-order valence-corrected chi connectivity index (χ0v) is 16.1. The Hall–Kier alpha value is -3.02. The topological polar surface area (TPSA) is 115 Å². The van der Waals surface area contributed by atoms with Gasteiger partial charge in [-0.15, -0.1) is 10.2 Å². The molecule has 0 spiro atoms. The second-order valence-electron chi connectivity index (χ2n) is 6.39. The van der Waals surface area contributed by atoms with Crippen molar-refractivity contribution in [1.29, 1.82) is 5.26 Å². The second kappa shape index (κ2) is 8.78. The summed E-state index contributed by atoms with van der Waals surface area (Å²) in [5, 5.41) is 16.9. The van der Waals surface area contributed by atoms with E-state index in [1.54, 1.807) is 28.8 Å². The maximum atomic E-state index is 13.0. The Bertz CT molecular complexity index is 1070. The van der Waals surface area contributed by atoms with Crippen LogP contribution in [0.2, 0.25) is 0 Å². The molecule has 0 saturated carbocycles. The van der Waals surface area contributed by atoms with Gasteiger partial charge in [0.2, 0.25) is 15.0 Å². The predicted molar refractivity (Wildman–Crippen MR) is 105 cm³/mol. The number of nitrogens with zero attached hydrogens (tertiary/aromatic N) is 4. The van der Waals surface area contributed by atoms with Crippen molar-refractivity contribution in [2.45, 2.75) is 30.3 Å². The molecule has 3 aromatic rings. The van der Waals surface area contributed by atoms with Crippen LogP contribution >= 0.6 is 0 Å². The van der Waals surface area contributed by atoms with Crippen molar-refractivity contribution in [2.75, 3.05) is 6.54 Å². The van der Waals surface area contributed by atoms with Crippen LogP contribution in [0.15, 0.2) is 59.8 Å². The number of hydrogen-bond acceptors (Lipinski definition) is 6. The first-order valence-corrected chi connectivity index (χ1v) is 10.6. The fraction of sp³-hybridized carbons (Fsp3) is 0.250. The molecule has 0 aliphatic heterocycles. The van der Waals surface area contributed by atoms with Crippen LogP contribution in [0.5, 0.6) is 0 Å². The lowest BCUT2D eigenvalue weighted by Crippen LogP contribution is -2.17. The third kappa shape index (κ3) is 4.63. The van der Waals surface area contributed by atoms with Gasteiger partial charge in [-0.3, -0.25) is 0 Å². The molecule has 0 bridgehead atoms. The predicted octanol–water partition coefficient (Wildman–Crippen LogP) is 1.87. The molecule has 0 radical (unpaired) electrons. The lowest BCUT2D eigenvalue weighted by atomic mass is 10.1. The Morgan fingerprint density at radius 2 is 1.68 bits per heavy atom. The molecular weight excluding hydrogens is 374 g/mol. The first kappa shape index (κ1) is 19.7. The molecule has 28 heavy (non-hydrogen) atoms. The zero-order valence-electron chi connectivity index (χ0n) is 15.3. The summed E-state index contributed by atoms with van der Waals surface area (Å²) in [6.45, 7) is 0.813. The lowest BCUT2D eigenvalue weighted by Gasteiger charge is -2.11. The Balaban J connectivity index is 1.87. The van der Waals surface area contributed by atoms with E-state index in [9.17, 15) is 8.42 Å². The summed E-state index contributed by atoms with van der Waals surface area (Å²) in [4.78, 5) is 0. The minimum atomic E-state index is -3.70. The smallest absolute Gasteiger partial charge is 0.250 e. The fourth-order valence-electron chi connectivity index (χ4n) is 2.93. The van der Waals surface area contributed by atoms with Gasteiger partial charge in [0.1, 0.15) is 5.82 Å². The van der Waals surface area contributed by atoms with E-state index in [1.807, 2.05) is 36.4 Å². The van der Waals surface area contributed by atoms with Gasteiger partial charge in [-0.05, 0) is 36.2 Å². The van der Waals surface area contributed by atoms with E-state index in [0.717, 1.165) is 5.56 Å². The van der Waals surface area contributed by atoms with E-state index < -0.39 is 9.84 Å². The van der Waals surface area contributed by atoms with E-state index in [-0.39, 0.29) is 10.9 Å². The van der Waals surface area contributed by atoms with Crippen molar-refractivity contribution >= 4 is 9.84 Å². The summed E-state index contributed by atoms with van der Waals surface area (Å²) < 4.78 is 27.6. The van der Waals surface area contributed by atoms with Gasteiger partial charge in [-0.2, -0.15) is 5.26 Å². The standard InChI is InChI=1S/C20H21N5O2S/c21-12-10-19-23-24-20(25(19)13-11-16-4-2-1-3-5-16)28(26,27)15-18-8-6-17(14-22)7-9-18/h1-9H,10-13,15,21H2. The van der Waals surface area contributed by atoms with Gasteiger partial charge in [-0.1, -0.05) is 42.5 Å². The van der Waals surface area contributed by atoms with Crippen molar-refractivity contribution in [3.05, 3.63) is 77.1 Å². The van der Waals surface area contributed by atoms with Gasteiger partial charge in [0.05, 0.1) is 17.4 Å². The van der Waals surface area contributed by atoms with Crippen molar-refractivity contribution in [3.8, 4) is 6.07 Å². The van der Waals surface area contributed by atoms with Crippen molar-refractivity contribution in [2.24, 2.45) is 5.73 Å². The molecule has 0 aliphatic carbocycles. The van der Waals surface area contributed by atoms with Gasteiger partial charge < -0.3 is 10.3 Å². The highest BCUT2D eigenvalue weighted by molar-refractivity contribution is 7.90. The molecule has 0 atom stereocenters. The molecule has 1 aromatic heterocycles. The van der Waals surface area contributed by atoms with E-state index in [0.29, 0.717) is 42.9 Å². The van der Waals surface area contributed by atoms with Gasteiger partial charge in [0.25, 0.3) is 0 Å². The zero-order chi connectivity index (χ0) is 20.0. The molecule has 8 heteroatoms. The highest BCUT2D eigenvalue weighted by atomic mass is 32.2. The summed E-state index contributed by atoms with van der Waals surface area (Å²) in [6, 6.07) is 18.3. The van der Waals surface area contributed by atoms with Crippen LogP contribution in [-0.4, -0.2) is 29.7 Å². The van der Waals surface area contributed by atoms with E-state index in [1.165, 1.54) is 0 Å². The van der Waals surface area contributed by atoms with Crippen molar-refractivity contribution in [3.63, 3.8) is 0 Å². The number of nitrogens with two attached hydrogens (primary N) is 1.